The Hall–Kier alpha value is -1.94. The number of fused-ring (bicyclic) bond motifs is 1. The Morgan fingerprint density at radius 1 is 0.958 bits per heavy atom. The molecule has 0 saturated carbocycles. The van der Waals surface area contributed by atoms with Crippen LogP contribution in [0, 0.1) is 0 Å². The molecule has 0 saturated heterocycles. The van der Waals surface area contributed by atoms with Crippen molar-refractivity contribution in [2.75, 3.05) is 20.3 Å². The van der Waals surface area contributed by atoms with Crippen LogP contribution >= 0.6 is 8.38 Å². The van der Waals surface area contributed by atoms with E-state index in [-0.39, 0.29) is 0 Å². The van der Waals surface area contributed by atoms with Crippen LogP contribution in [0.4, 0.5) is 0 Å². The van der Waals surface area contributed by atoms with Gasteiger partial charge < -0.3 is 13.8 Å². The Bertz CT molecular complexity index is 796. The van der Waals surface area contributed by atoms with E-state index in [1.165, 1.54) is 0 Å². The summed E-state index contributed by atoms with van der Waals surface area (Å²) in [5.74, 6) is 0.814. The first-order valence-electron chi connectivity index (χ1n) is 7.96. The van der Waals surface area contributed by atoms with Gasteiger partial charge in [-0.1, -0.05) is 18.2 Å². The molecule has 1 heterocycles. The maximum Gasteiger partial charge on any atom is 0.225 e. The second kappa shape index (κ2) is 7.75. The third-order valence-electron chi connectivity index (χ3n) is 3.54. The molecule has 0 fully saturated rings. The van der Waals surface area contributed by atoms with Crippen molar-refractivity contribution >= 4 is 24.7 Å². The van der Waals surface area contributed by atoms with Gasteiger partial charge in [-0.3, -0.25) is 0 Å². The Morgan fingerprint density at radius 3 is 2.25 bits per heavy atom. The molecular formula is C18H21N2O3P. The van der Waals surface area contributed by atoms with E-state index in [4.69, 9.17) is 18.9 Å². The minimum absolute atomic E-state index is 0.591. The number of aromatic nitrogens is 2. The number of hydrogen-bond donors (Lipinski definition) is 0. The Kier molecular flexibility index (Phi) is 5.46. The van der Waals surface area contributed by atoms with E-state index in [0.717, 1.165) is 27.8 Å². The van der Waals surface area contributed by atoms with Crippen molar-refractivity contribution in [3.63, 3.8) is 0 Å². The van der Waals surface area contributed by atoms with E-state index in [9.17, 15) is 0 Å². The molecule has 5 nitrogen and oxygen atoms in total. The van der Waals surface area contributed by atoms with Crippen molar-refractivity contribution in [1.82, 2.24) is 9.78 Å². The summed E-state index contributed by atoms with van der Waals surface area (Å²) in [6.45, 7) is 5.14. The van der Waals surface area contributed by atoms with Gasteiger partial charge in [0, 0.05) is 5.39 Å². The average Bonchev–Trinajstić information content (AvgIpc) is 3.01. The molecule has 6 heteroatoms. The molecule has 2 aromatic carbocycles. The van der Waals surface area contributed by atoms with E-state index in [0.29, 0.717) is 13.2 Å². The molecule has 0 amide bonds. The van der Waals surface area contributed by atoms with Crippen LogP contribution in [0.5, 0.6) is 5.75 Å². The van der Waals surface area contributed by atoms with Gasteiger partial charge >= 0.3 is 0 Å². The van der Waals surface area contributed by atoms with E-state index in [1.54, 1.807) is 7.11 Å². The topological polar surface area (TPSA) is 45.5 Å². The summed E-state index contributed by atoms with van der Waals surface area (Å²) >= 11 is 0. The van der Waals surface area contributed by atoms with Crippen LogP contribution in [0.25, 0.3) is 16.6 Å². The lowest BCUT2D eigenvalue weighted by molar-refractivity contribution is 0.276. The largest absolute Gasteiger partial charge is 0.497 e. The lowest BCUT2D eigenvalue weighted by atomic mass is 10.2. The second-order valence-electron chi connectivity index (χ2n) is 5.04. The van der Waals surface area contributed by atoms with Gasteiger partial charge in [0.05, 0.1) is 31.5 Å². The van der Waals surface area contributed by atoms with Crippen LogP contribution < -0.4 is 10.2 Å². The molecule has 1 aromatic heterocycles. The lowest BCUT2D eigenvalue weighted by Gasteiger charge is -2.17. The molecule has 3 rings (SSSR count). The summed E-state index contributed by atoms with van der Waals surface area (Å²) < 4.78 is 19.0. The predicted molar refractivity (Wildman–Crippen MR) is 97.4 cm³/mol. The molecule has 0 unspecified atom stereocenters. The van der Waals surface area contributed by atoms with E-state index in [1.807, 2.05) is 61.0 Å². The van der Waals surface area contributed by atoms with E-state index in [2.05, 4.69) is 6.07 Å². The van der Waals surface area contributed by atoms with Crippen LogP contribution in [0.2, 0.25) is 0 Å². The first kappa shape index (κ1) is 16.9. The van der Waals surface area contributed by atoms with Gasteiger partial charge in [-0.2, -0.15) is 5.10 Å². The van der Waals surface area contributed by atoms with Gasteiger partial charge in [0.25, 0.3) is 0 Å². The van der Waals surface area contributed by atoms with Gasteiger partial charge in [-0.05, 0) is 44.2 Å². The highest BCUT2D eigenvalue weighted by Gasteiger charge is 2.23. The standard InChI is InChI=1S/C18H21N2O3P/c1-4-22-24(23-5-2)18-16-8-6-7-9-17(16)19-20(18)14-10-12-15(21-3)13-11-14/h6-13H,4-5H2,1-3H3. The molecule has 0 aliphatic carbocycles. The fourth-order valence-electron chi connectivity index (χ4n) is 2.49. The van der Waals surface area contributed by atoms with Crippen LogP contribution in [0.3, 0.4) is 0 Å². The fraction of sp³-hybridized carbons (Fsp3) is 0.278. The third-order valence-corrected chi connectivity index (χ3v) is 5.30. The van der Waals surface area contributed by atoms with Crippen LogP contribution in [-0.4, -0.2) is 30.1 Å². The normalized spacial score (nSPS) is 11.3. The zero-order valence-corrected chi connectivity index (χ0v) is 15.0. The molecule has 0 N–H and O–H groups in total. The van der Waals surface area contributed by atoms with Gasteiger partial charge in [0.1, 0.15) is 11.2 Å². The molecule has 24 heavy (non-hydrogen) atoms. The molecule has 0 spiro atoms. The summed E-state index contributed by atoms with van der Waals surface area (Å²) in [7, 11) is 0.454. The maximum absolute atomic E-state index is 5.90. The summed E-state index contributed by atoms with van der Waals surface area (Å²) in [6.07, 6.45) is 0. The number of nitrogens with zero attached hydrogens (tertiary/aromatic N) is 2. The minimum Gasteiger partial charge on any atom is -0.497 e. The minimum atomic E-state index is -1.21. The predicted octanol–water partition coefficient (Wildman–Crippen LogP) is 4.04. The molecule has 3 aromatic rings. The fourth-order valence-corrected chi connectivity index (χ4v) is 3.98. The van der Waals surface area contributed by atoms with Gasteiger partial charge in [0.2, 0.25) is 8.38 Å². The monoisotopic (exact) mass is 344 g/mol. The molecule has 0 atom stereocenters. The zero-order chi connectivity index (χ0) is 16.9. The van der Waals surface area contributed by atoms with Gasteiger partial charge in [-0.15, -0.1) is 0 Å². The number of hydrogen-bond acceptors (Lipinski definition) is 4. The third kappa shape index (κ3) is 3.29. The average molecular weight is 344 g/mol. The molecule has 126 valence electrons. The van der Waals surface area contributed by atoms with Crippen LogP contribution in [-0.2, 0) is 9.05 Å². The van der Waals surface area contributed by atoms with Crippen molar-refractivity contribution < 1.29 is 13.8 Å². The summed E-state index contributed by atoms with van der Waals surface area (Å²) in [5.41, 5.74) is 2.85. The SMILES string of the molecule is CCOP(OCC)c1c2ccccc2nn1-c1ccc(OC)cc1. The summed E-state index contributed by atoms with van der Waals surface area (Å²) in [5, 5.41) is 5.81. The number of benzene rings is 2. The van der Waals surface area contributed by atoms with Gasteiger partial charge in [0.15, 0.2) is 0 Å². The van der Waals surface area contributed by atoms with E-state index < -0.39 is 8.38 Å². The molecule has 0 aliphatic heterocycles. The number of methoxy groups -OCH3 is 1. The second-order valence-corrected chi connectivity index (χ2v) is 6.50. The zero-order valence-electron chi connectivity index (χ0n) is 14.1. The summed E-state index contributed by atoms with van der Waals surface area (Å²) in [6, 6.07) is 15.9. The first-order valence-corrected chi connectivity index (χ1v) is 9.14. The molecule has 0 bridgehead atoms. The van der Waals surface area contributed by atoms with Crippen molar-refractivity contribution in [3.05, 3.63) is 48.5 Å². The highest BCUT2D eigenvalue weighted by atomic mass is 31.2. The highest BCUT2D eigenvalue weighted by molar-refractivity contribution is 7.56. The van der Waals surface area contributed by atoms with Crippen molar-refractivity contribution in [2.24, 2.45) is 0 Å². The molecule has 0 radical (unpaired) electrons. The smallest absolute Gasteiger partial charge is 0.225 e. The van der Waals surface area contributed by atoms with Gasteiger partial charge in [-0.25, -0.2) is 4.68 Å². The van der Waals surface area contributed by atoms with E-state index >= 15 is 0 Å². The molecule has 0 aliphatic rings. The quantitative estimate of drug-likeness (QED) is 0.607. The maximum atomic E-state index is 5.90. The highest BCUT2D eigenvalue weighted by Crippen LogP contribution is 2.40. The van der Waals surface area contributed by atoms with Crippen molar-refractivity contribution in [1.29, 1.82) is 0 Å². The number of rotatable bonds is 7. The number of ether oxygens (including phenoxy) is 1. The summed E-state index contributed by atoms with van der Waals surface area (Å²) in [4.78, 5) is 0. The molecular weight excluding hydrogens is 323 g/mol. The van der Waals surface area contributed by atoms with Crippen LogP contribution in [0.15, 0.2) is 48.5 Å². The Labute approximate surface area is 143 Å². The Balaban J connectivity index is 2.16. The first-order chi connectivity index (χ1) is 11.8. The van der Waals surface area contributed by atoms with Crippen LogP contribution in [0.1, 0.15) is 13.8 Å². The lowest BCUT2D eigenvalue weighted by Crippen LogP contribution is -2.18. The Morgan fingerprint density at radius 2 is 1.62 bits per heavy atom. The van der Waals surface area contributed by atoms with Crippen molar-refractivity contribution in [2.45, 2.75) is 13.8 Å². The van der Waals surface area contributed by atoms with Crippen molar-refractivity contribution in [3.8, 4) is 11.4 Å².